The van der Waals surface area contributed by atoms with Crippen LogP contribution in [0.3, 0.4) is 0 Å². The first kappa shape index (κ1) is 11.4. The number of benzene rings is 1. The van der Waals surface area contributed by atoms with E-state index in [0.717, 1.165) is 11.3 Å². The van der Waals surface area contributed by atoms with Crippen LogP contribution in [0.4, 0.5) is 5.82 Å². The molecule has 2 heterocycles. The van der Waals surface area contributed by atoms with Gasteiger partial charge in [-0.1, -0.05) is 28.6 Å². The third-order valence-corrected chi connectivity index (χ3v) is 2.80. The second-order valence-corrected chi connectivity index (χ2v) is 4.10. The van der Waals surface area contributed by atoms with Gasteiger partial charge in [0, 0.05) is 5.56 Å². The smallest absolute Gasteiger partial charge is 0.257 e. The molecule has 0 spiro atoms. The quantitative estimate of drug-likeness (QED) is 0.758. The van der Waals surface area contributed by atoms with E-state index in [2.05, 4.69) is 20.5 Å². The maximum Gasteiger partial charge on any atom is 0.257 e. The first-order valence-corrected chi connectivity index (χ1v) is 5.77. The van der Waals surface area contributed by atoms with Gasteiger partial charge in [0.1, 0.15) is 6.54 Å². The van der Waals surface area contributed by atoms with Crippen LogP contribution in [0.5, 0.6) is 0 Å². The highest BCUT2D eigenvalue weighted by Crippen LogP contribution is 2.16. The van der Waals surface area contributed by atoms with Crippen molar-refractivity contribution in [3.05, 3.63) is 41.9 Å². The highest BCUT2D eigenvalue weighted by atomic mass is 16.5. The maximum atomic E-state index is 5.63. The van der Waals surface area contributed by atoms with E-state index in [1.165, 1.54) is 0 Å². The summed E-state index contributed by atoms with van der Waals surface area (Å²) in [4.78, 5) is 4.32. The Bertz CT molecular complexity index is 687. The van der Waals surface area contributed by atoms with Crippen LogP contribution in [0.25, 0.3) is 11.5 Å². The minimum atomic E-state index is 0.381. The molecular formula is C12H12N6O. The summed E-state index contributed by atoms with van der Waals surface area (Å²) in [6.07, 6.45) is 0. The van der Waals surface area contributed by atoms with E-state index in [4.69, 9.17) is 10.3 Å². The number of nitrogen functional groups attached to an aromatic ring is 1. The van der Waals surface area contributed by atoms with Crippen LogP contribution in [0.1, 0.15) is 11.5 Å². The third kappa shape index (κ3) is 2.17. The molecule has 0 unspecified atom stereocenters. The largest absolute Gasteiger partial charge is 0.381 e. The van der Waals surface area contributed by atoms with Crippen molar-refractivity contribution in [2.45, 2.75) is 13.5 Å². The maximum absolute atomic E-state index is 5.63. The Kier molecular flexibility index (Phi) is 2.71. The third-order valence-electron chi connectivity index (χ3n) is 2.80. The summed E-state index contributed by atoms with van der Waals surface area (Å²) in [5.41, 5.74) is 7.30. The van der Waals surface area contributed by atoms with Crippen molar-refractivity contribution in [3.8, 4) is 11.5 Å². The molecule has 0 saturated carbocycles. The molecule has 0 amide bonds. The normalized spacial score (nSPS) is 10.8. The Morgan fingerprint density at radius 1 is 1.26 bits per heavy atom. The fraction of sp³-hybridized carbons (Fsp3) is 0.167. The standard InChI is InChI=1S/C12H12N6O/c1-8-11(13)15-17-18(8)7-10-14-12(19-16-10)9-5-3-2-4-6-9/h2-6H,7,13H2,1H3. The van der Waals surface area contributed by atoms with Crippen molar-refractivity contribution in [2.75, 3.05) is 5.73 Å². The molecule has 0 atom stereocenters. The van der Waals surface area contributed by atoms with Crippen LogP contribution in [-0.4, -0.2) is 25.1 Å². The molecule has 0 radical (unpaired) electrons. The summed E-state index contributed by atoms with van der Waals surface area (Å²) < 4.78 is 6.85. The molecule has 7 nitrogen and oxygen atoms in total. The number of hydrogen-bond donors (Lipinski definition) is 1. The fourth-order valence-electron chi connectivity index (χ4n) is 1.67. The lowest BCUT2D eigenvalue weighted by molar-refractivity contribution is 0.418. The summed E-state index contributed by atoms with van der Waals surface area (Å²) in [7, 11) is 0. The summed E-state index contributed by atoms with van der Waals surface area (Å²) in [6, 6.07) is 9.59. The molecule has 2 aromatic heterocycles. The van der Waals surface area contributed by atoms with Crippen LogP contribution in [-0.2, 0) is 6.54 Å². The highest BCUT2D eigenvalue weighted by Gasteiger charge is 2.11. The van der Waals surface area contributed by atoms with E-state index in [0.29, 0.717) is 24.1 Å². The van der Waals surface area contributed by atoms with Crippen molar-refractivity contribution in [3.63, 3.8) is 0 Å². The fourth-order valence-corrected chi connectivity index (χ4v) is 1.67. The molecule has 0 saturated heterocycles. The van der Waals surface area contributed by atoms with Crippen LogP contribution in [0.2, 0.25) is 0 Å². The molecule has 1 aromatic carbocycles. The summed E-state index contributed by atoms with van der Waals surface area (Å²) >= 11 is 0. The average molecular weight is 256 g/mol. The molecule has 19 heavy (non-hydrogen) atoms. The van der Waals surface area contributed by atoms with Crippen molar-refractivity contribution in [1.82, 2.24) is 25.1 Å². The predicted molar refractivity (Wildman–Crippen MR) is 68.0 cm³/mol. The Morgan fingerprint density at radius 2 is 2.05 bits per heavy atom. The second kappa shape index (κ2) is 4.52. The number of hydrogen-bond acceptors (Lipinski definition) is 6. The number of aromatic nitrogens is 5. The van der Waals surface area contributed by atoms with Crippen LogP contribution < -0.4 is 5.73 Å². The average Bonchev–Trinajstić information content (AvgIpc) is 3.02. The van der Waals surface area contributed by atoms with Gasteiger partial charge in [-0.15, -0.1) is 5.10 Å². The summed E-state index contributed by atoms with van der Waals surface area (Å²) in [5.74, 6) is 1.43. The molecule has 0 aliphatic rings. The summed E-state index contributed by atoms with van der Waals surface area (Å²) in [5, 5.41) is 11.6. The zero-order chi connectivity index (χ0) is 13.2. The van der Waals surface area contributed by atoms with Crippen LogP contribution in [0, 0.1) is 6.92 Å². The van der Waals surface area contributed by atoms with Gasteiger partial charge >= 0.3 is 0 Å². The molecule has 3 aromatic rings. The second-order valence-electron chi connectivity index (χ2n) is 4.10. The molecular weight excluding hydrogens is 244 g/mol. The first-order chi connectivity index (χ1) is 9.24. The SMILES string of the molecule is Cc1c(N)nnn1Cc1noc(-c2ccccc2)n1. The van der Waals surface area contributed by atoms with Crippen molar-refractivity contribution in [2.24, 2.45) is 0 Å². The first-order valence-electron chi connectivity index (χ1n) is 5.77. The Morgan fingerprint density at radius 3 is 2.74 bits per heavy atom. The molecule has 3 rings (SSSR count). The molecule has 0 bridgehead atoms. The van der Waals surface area contributed by atoms with Gasteiger partial charge in [0.05, 0.1) is 5.69 Å². The van der Waals surface area contributed by atoms with Gasteiger partial charge in [-0.3, -0.25) is 0 Å². The van der Waals surface area contributed by atoms with Crippen LogP contribution in [0.15, 0.2) is 34.9 Å². The highest BCUT2D eigenvalue weighted by molar-refractivity contribution is 5.51. The van der Waals surface area contributed by atoms with Crippen molar-refractivity contribution < 1.29 is 4.52 Å². The zero-order valence-corrected chi connectivity index (χ0v) is 10.3. The van der Waals surface area contributed by atoms with E-state index < -0.39 is 0 Å². The Hall–Kier alpha value is -2.70. The summed E-state index contributed by atoms with van der Waals surface area (Å²) in [6.45, 7) is 2.22. The van der Waals surface area contributed by atoms with Gasteiger partial charge in [-0.05, 0) is 19.1 Å². The van der Waals surface area contributed by atoms with Crippen molar-refractivity contribution >= 4 is 5.82 Å². The van der Waals surface area contributed by atoms with Gasteiger partial charge in [-0.25, -0.2) is 4.68 Å². The van der Waals surface area contributed by atoms with E-state index in [1.54, 1.807) is 4.68 Å². The minimum Gasteiger partial charge on any atom is -0.381 e. The Balaban J connectivity index is 1.84. The van der Waals surface area contributed by atoms with E-state index in [1.807, 2.05) is 37.3 Å². The van der Waals surface area contributed by atoms with Gasteiger partial charge in [0.25, 0.3) is 5.89 Å². The number of nitrogens with two attached hydrogens (primary N) is 1. The number of nitrogens with zero attached hydrogens (tertiary/aromatic N) is 5. The molecule has 96 valence electrons. The van der Waals surface area contributed by atoms with E-state index >= 15 is 0 Å². The molecule has 7 heteroatoms. The van der Waals surface area contributed by atoms with E-state index in [-0.39, 0.29) is 0 Å². The monoisotopic (exact) mass is 256 g/mol. The topological polar surface area (TPSA) is 95.7 Å². The van der Waals surface area contributed by atoms with Gasteiger partial charge in [0.2, 0.25) is 0 Å². The van der Waals surface area contributed by atoms with Gasteiger partial charge in [-0.2, -0.15) is 4.98 Å². The molecule has 0 fully saturated rings. The Labute approximate surface area is 109 Å². The lowest BCUT2D eigenvalue weighted by atomic mass is 10.2. The van der Waals surface area contributed by atoms with Crippen molar-refractivity contribution in [1.29, 1.82) is 0 Å². The lowest BCUT2D eigenvalue weighted by Crippen LogP contribution is -2.05. The minimum absolute atomic E-state index is 0.381. The molecule has 0 aliphatic carbocycles. The predicted octanol–water partition coefficient (Wildman–Crippen LogP) is 1.27. The van der Waals surface area contributed by atoms with Gasteiger partial charge in [0.15, 0.2) is 11.6 Å². The number of rotatable bonds is 3. The van der Waals surface area contributed by atoms with Crippen LogP contribution >= 0.6 is 0 Å². The zero-order valence-electron chi connectivity index (χ0n) is 10.3. The molecule has 0 aliphatic heterocycles. The van der Waals surface area contributed by atoms with Gasteiger partial charge < -0.3 is 10.3 Å². The van der Waals surface area contributed by atoms with E-state index in [9.17, 15) is 0 Å². The lowest BCUT2D eigenvalue weighted by Gasteiger charge is -1.97. The number of anilines is 1. The molecule has 2 N–H and O–H groups in total.